The lowest BCUT2D eigenvalue weighted by atomic mass is 9.84. The lowest BCUT2D eigenvalue weighted by Gasteiger charge is -2.37. The van der Waals surface area contributed by atoms with Gasteiger partial charge in [-0.25, -0.2) is 0 Å². The Morgan fingerprint density at radius 2 is 1.94 bits per heavy atom. The number of hydrogen-bond acceptors (Lipinski definition) is 7. The summed E-state index contributed by atoms with van der Waals surface area (Å²) in [7, 11) is 0. The van der Waals surface area contributed by atoms with Crippen molar-refractivity contribution in [2.75, 3.05) is 44.4 Å². The highest BCUT2D eigenvalue weighted by Gasteiger charge is 2.26. The van der Waals surface area contributed by atoms with Gasteiger partial charge >= 0.3 is 0 Å². The van der Waals surface area contributed by atoms with Crippen molar-refractivity contribution in [1.82, 2.24) is 15.4 Å². The van der Waals surface area contributed by atoms with Crippen LogP contribution in [-0.4, -0.2) is 61.5 Å². The third-order valence-corrected chi connectivity index (χ3v) is 7.17. The van der Waals surface area contributed by atoms with Gasteiger partial charge in [0, 0.05) is 38.3 Å². The maximum absolute atomic E-state index is 12.3. The number of carbonyl (C=O) groups is 1. The smallest absolute Gasteiger partial charge is 0.231 e. The van der Waals surface area contributed by atoms with E-state index in [0.717, 1.165) is 74.4 Å². The fraction of sp³-hybridized carbons (Fsp3) is 0.600. The fourth-order valence-corrected chi connectivity index (χ4v) is 5.27. The Hall–Kier alpha value is -2.74. The molecule has 1 aromatic heterocycles. The van der Waals surface area contributed by atoms with Gasteiger partial charge in [0.15, 0.2) is 11.5 Å². The van der Waals surface area contributed by atoms with E-state index >= 15 is 0 Å². The SMILES string of the molecule is Cc1cc(CC(=O)NC2CCC(CCN3CCN(c4cccc5c4OCO5)CC3)CC2)on1. The molecule has 3 aliphatic rings. The molecule has 2 aliphatic heterocycles. The van der Waals surface area contributed by atoms with Crippen LogP contribution in [0.2, 0.25) is 0 Å². The normalized spacial score (nSPS) is 23.0. The van der Waals surface area contributed by atoms with Crippen molar-refractivity contribution in [3.8, 4) is 11.5 Å². The molecule has 1 aromatic carbocycles. The molecular weight excluding hydrogens is 420 g/mol. The van der Waals surface area contributed by atoms with Crippen LogP contribution in [0.5, 0.6) is 11.5 Å². The summed E-state index contributed by atoms with van der Waals surface area (Å²) in [6.45, 7) is 7.54. The topological polar surface area (TPSA) is 80.1 Å². The summed E-state index contributed by atoms with van der Waals surface area (Å²) in [4.78, 5) is 17.3. The van der Waals surface area contributed by atoms with Crippen LogP contribution in [0, 0.1) is 12.8 Å². The number of benzene rings is 1. The minimum absolute atomic E-state index is 0.0356. The molecule has 178 valence electrons. The van der Waals surface area contributed by atoms with Crippen molar-refractivity contribution >= 4 is 11.6 Å². The summed E-state index contributed by atoms with van der Waals surface area (Å²) < 4.78 is 16.4. The van der Waals surface area contributed by atoms with E-state index in [1.807, 2.05) is 25.1 Å². The first-order valence-electron chi connectivity index (χ1n) is 12.2. The number of aromatic nitrogens is 1. The first kappa shape index (κ1) is 22.1. The number of carbonyl (C=O) groups excluding carboxylic acids is 1. The van der Waals surface area contributed by atoms with Crippen LogP contribution in [0.3, 0.4) is 0 Å². The van der Waals surface area contributed by atoms with Crippen LogP contribution in [0.25, 0.3) is 0 Å². The van der Waals surface area contributed by atoms with Gasteiger partial charge in [-0.05, 0) is 63.6 Å². The van der Waals surface area contributed by atoms with Crippen LogP contribution < -0.4 is 19.7 Å². The van der Waals surface area contributed by atoms with Gasteiger partial charge in [0.05, 0.1) is 17.8 Å². The molecule has 2 fully saturated rings. The van der Waals surface area contributed by atoms with Crippen molar-refractivity contribution in [2.45, 2.75) is 51.5 Å². The van der Waals surface area contributed by atoms with E-state index in [0.29, 0.717) is 18.6 Å². The van der Waals surface area contributed by atoms with E-state index in [1.165, 1.54) is 19.3 Å². The number of rotatable bonds is 7. The predicted molar refractivity (Wildman–Crippen MR) is 125 cm³/mol. The first-order chi connectivity index (χ1) is 16.1. The number of para-hydroxylation sites is 1. The highest BCUT2D eigenvalue weighted by atomic mass is 16.7. The molecule has 33 heavy (non-hydrogen) atoms. The van der Waals surface area contributed by atoms with Crippen LogP contribution in [-0.2, 0) is 11.2 Å². The fourth-order valence-electron chi connectivity index (χ4n) is 5.27. The average Bonchev–Trinajstić information content (AvgIpc) is 3.47. The summed E-state index contributed by atoms with van der Waals surface area (Å²) in [5.74, 6) is 3.18. The molecule has 0 atom stereocenters. The molecule has 1 amide bonds. The molecule has 8 heteroatoms. The average molecular weight is 455 g/mol. The van der Waals surface area contributed by atoms with Crippen molar-refractivity contribution in [2.24, 2.45) is 5.92 Å². The molecule has 2 aromatic rings. The molecule has 0 bridgehead atoms. The number of ether oxygens (including phenoxy) is 2. The molecular formula is C25H34N4O4. The molecule has 0 unspecified atom stereocenters. The van der Waals surface area contributed by atoms with Crippen molar-refractivity contribution in [3.05, 3.63) is 35.7 Å². The zero-order valence-electron chi connectivity index (χ0n) is 19.4. The molecule has 0 radical (unpaired) electrons. The highest BCUT2D eigenvalue weighted by molar-refractivity contribution is 5.78. The van der Waals surface area contributed by atoms with Gasteiger partial charge in [0.1, 0.15) is 5.76 Å². The molecule has 8 nitrogen and oxygen atoms in total. The molecule has 3 heterocycles. The number of fused-ring (bicyclic) bond motifs is 1. The minimum Gasteiger partial charge on any atom is -0.454 e. The van der Waals surface area contributed by atoms with Crippen LogP contribution in [0.15, 0.2) is 28.8 Å². The summed E-state index contributed by atoms with van der Waals surface area (Å²) in [6, 6.07) is 8.26. The molecule has 0 spiro atoms. The Kier molecular flexibility index (Phi) is 6.71. The second-order valence-corrected chi connectivity index (χ2v) is 9.52. The first-order valence-corrected chi connectivity index (χ1v) is 12.2. The maximum Gasteiger partial charge on any atom is 0.231 e. The Labute approximate surface area is 195 Å². The summed E-state index contributed by atoms with van der Waals surface area (Å²) in [5, 5.41) is 7.03. The Bertz CT molecular complexity index is 946. The quantitative estimate of drug-likeness (QED) is 0.688. The molecule has 1 N–H and O–H groups in total. The van der Waals surface area contributed by atoms with Gasteiger partial charge in [0.25, 0.3) is 0 Å². The zero-order valence-corrected chi connectivity index (χ0v) is 19.4. The van der Waals surface area contributed by atoms with E-state index < -0.39 is 0 Å². The van der Waals surface area contributed by atoms with Gasteiger partial charge < -0.3 is 24.2 Å². The Balaban J connectivity index is 0.997. The Morgan fingerprint density at radius 1 is 1.12 bits per heavy atom. The lowest BCUT2D eigenvalue weighted by molar-refractivity contribution is -0.121. The minimum atomic E-state index is 0.0356. The third kappa shape index (κ3) is 5.43. The van der Waals surface area contributed by atoms with Gasteiger partial charge in [0.2, 0.25) is 12.7 Å². The molecule has 1 saturated carbocycles. The number of nitrogens with one attached hydrogen (secondary N) is 1. The van der Waals surface area contributed by atoms with Gasteiger partial charge in [-0.15, -0.1) is 0 Å². The van der Waals surface area contributed by atoms with Gasteiger partial charge in [-0.3, -0.25) is 9.69 Å². The van der Waals surface area contributed by atoms with Crippen molar-refractivity contribution in [1.29, 1.82) is 0 Å². The standard InChI is InChI=1S/C25H34N4O4/c1-18-15-21(33-27-18)16-24(30)26-20-7-5-19(6-8-20)9-10-28-11-13-29(14-12-28)22-3-2-4-23-25(22)32-17-31-23/h2-4,15,19-20H,5-14,16-17H2,1H3,(H,26,30). The second-order valence-electron chi connectivity index (χ2n) is 9.52. The van der Waals surface area contributed by atoms with E-state index in [-0.39, 0.29) is 12.3 Å². The van der Waals surface area contributed by atoms with Gasteiger partial charge in [-0.1, -0.05) is 11.2 Å². The van der Waals surface area contributed by atoms with Crippen LogP contribution >= 0.6 is 0 Å². The van der Waals surface area contributed by atoms with E-state index in [4.69, 9.17) is 14.0 Å². The molecule has 1 aliphatic carbocycles. The van der Waals surface area contributed by atoms with Crippen LogP contribution in [0.4, 0.5) is 5.69 Å². The number of aryl methyl sites for hydroxylation is 1. The third-order valence-electron chi connectivity index (χ3n) is 7.17. The number of anilines is 1. The van der Waals surface area contributed by atoms with Gasteiger partial charge in [-0.2, -0.15) is 0 Å². The highest BCUT2D eigenvalue weighted by Crippen LogP contribution is 2.41. The van der Waals surface area contributed by atoms with E-state index in [1.54, 1.807) is 0 Å². The summed E-state index contributed by atoms with van der Waals surface area (Å²) in [5.41, 5.74) is 1.97. The number of amides is 1. The summed E-state index contributed by atoms with van der Waals surface area (Å²) in [6.07, 6.45) is 6.05. The van der Waals surface area contributed by atoms with Crippen molar-refractivity contribution in [3.63, 3.8) is 0 Å². The second kappa shape index (κ2) is 10.0. The lowest BCUT2D eigenvalue weighted by Crippen LogP contribution is -2.47. The predicted octanol–water partition coefficient (Wildman–Crippen LogP) is 3.14. The summed E-state index contributed by atoms with van der Waals surface area (Å²) >= 11 is 0. The largest absolute Gasteiger partial charge is 0.454 e. The van der Waals surface area contributed by atoms with E-state index in [2.05, 4.69) is 26.3 Å². The molecule has 1 saturated heterocycles. The number of hydrogen-bond donors (Lipinski definition) is 1. The Morgan fingerprint density at radius 3 is 2.70 bits per heavy atom. The monoisotopic (exact) mass is 454 g/mol. The maximum atomic E-state index is 12.3. The number of piperazine rings is 1. The van der Waals surface area contributed by atoms with Crippen LogP contribution in [0.1, 0.15) is 43.6 Å². The van der Waals surface area contributed by atoms with E-state index in [9.17, 15) is 4.79 Å². The number of nitrogens with zero attached hydrogens (tertiary/aromatic N) is 3. The van der Waals surface area contributed by atoms with Crippen molar-refractivity contribution < 1.29 is 18.8 Å². The molecule has 5 rings (SSSR count). The zero-order chi connectivity index (χ0) is 22.6.